The van der Waals surface area contributed by atoms with Crippen LogP contribution in [0.4, 0.5) is 5.88 Å². The van der Waals surface area contributed by atoms with Gasteiger partial charge in [-0.2, -0.15) is 0 Å². The van der Waals surface area contributed by atoms with E-state index in [4.69, 9.17) is 15.6 Å². The second-order valence-corrected chi connectivity index (χ2v) is 2.08. The molecule has 1 aromatic heterocycles. The number of nitro groups is 1. The summed E-state index contributed by atoms with van der Waals surface area (Å²) in [4.78, 5) is 12.9. The molecule has 0 atom stereocenters. The average Bonchev–Trinajstić information content (AvgIpc) is 2.48. The van der Waals surface area contributed by atoms with Crippen molar-refractivity contribution in [1.82, 2.24) is 0 Å². The van der Waals surface area contributed by atoms with Crippen LogP contribution in [0.25, 0.3) is 0 Å². The van der Waals surface area contributed by atoms with Crippen LogP contribution in [0.15, 0.2) is 21.5 Å². The Morgan fingerprint density at radius 2 is 2.46 bits per heavy atom. The zero-order chi connectivity index (χ0) is 9.84. The van der Waals surface area contributed by atoms with Crippen LogP contribution in [-0.4, -0.2) is 17.1 Å². The number of furan rings is 1. The zero-order valence-electron chi connectivity index (χ0n) is 6.43. The van der Waals surface area contributed by atoms with E-state index in [-0.39, 0.29) is 17.6 Å². The molecule has 1 aromatic rings. The van der Waals surface area contributed by atoms with Crippen molar-refractivity contribution in [3.8, 4) is 0 Å². The molecule has 0 radical (unpaired) electrons. The minimum atomic E-state index is -0.662. The molecule has 0 amide bonds. The van der Waals surface area contributed by atoms with Gasteiger partial charge in [-0.3, -0.25) is 15.5 Å². The first-order chi connectivity index (χ1) is 6.09. The van der Waals surface area contributed by atoms with E-state index in [1.165, 1.54) is 12.1 Å². The summed E-state index contributed by atoms with van der Waals surface area (Å²) >= 11 is 0. The Labute approximate surface area is 72.5 Å². The van der Waals surface area contributed by atoms with Gasteiger partial charge in [-0.05, 0) is 6.07 Å². The maximum atomic E-state index is 10.2. The van der Waals surface area contributed by atoms with Crippen LogP contribution in [0.1, 0.15) is 5.76 Å². The predicted octanol–water partition coefficient (Wildman–Crippen LogP) is 0.500. The highest BCUT2D eigenvalue weighted by molar-refractivity contribution is 5.89. The minimum Gasteiger partial charge on any atom is -0.400 e. The first-order valence-corrected chi connectivity index (χ1v) is 3.22. The molecule has 7 heteroatoms. The van der Waals surface area contributed by atoms with Gasteiger partial charge in [-0.15, -0.1) is 0 Å². The van der Waals surface area contributed by atoms with Gasteiger partial charge in [0, 0.05) is 0 Å². The highest BCUT2D eigenvalue weighted by Gasteiger charge is 2.09. The SMILES string of the molecule is N=C(N)/N=C/c1ccc([N+](=O)[O-])o1. The van der Waals surface area contributed by atoms with Gasteiger partial charge in [-0.1, -0.05) is 0 Å². The third-order valence-electron chi connectivity index (χ3n) is 1.12. The van der Waals surface area contributed by atoms with Crippen LogP contribution >= 0.6 is 0 Å². The molecule has 0 fully saturated rings. The van der Waals surface area contributed by atoms with Crippen molar-refractivity contribution in [3.63, 3.8) is 0 Å². The molecular formula is C6H6N4O3. The van der Waals surface area contributed by atoms with Gasteiger partial charge in [0.05, 0.1) is 12.3 Å². The van der Waals surface area contributed by atoms with Crippen molar-refractivity contribution in [2.45, 2.75) is 0 Å². The predicted molar refractivity (Wildman–Crippen MR) is 44.9 cm³/mol. The number of rotatable bonds is 2. The van der Waals surface area contributed by atoms with Crippen LogP contribution in [0, 0.1) is 15.5 Å². The fourth-order valence-electron chi connectivity index (χ4n) is 0.643. The van der Waals surface area contributed by atoms with E-state index < -0.39 is 4.92 Å². The van der Waals surface area contributed by atoms with Crippen molar-refractivity contribution < 1.29 is 9.34 Å². The summed E-state index contributed by atoms with van der Waals surface area (Å²) in [5, 5.41) is 16.9. The molecule has 13 heavy (non-hydrogen) atoms. The van der Waals surface area contributed by atoms with Crippen LogP contribution in [0.2, 0.25) is 0 Å². The summed E-state index contributed by atoms with van der Waals surface area (Å²) in [6, 6.07) is 2.56. The Bertz CT molecular complexity index is 368. The molecule has 1 heterocycles. The smallest absolute Gasteiger partial charge is 0.400 e. The lowest BCUT2D eigenvalue weighted by Gasteiger charge is -1.83. The van der Waals surface area contributed by atoms with Crippen molar-refractivity contribution >= 4 is 18.1 Å². The fourth-order valence-corrected chi connectivity index (χ4v) is 0.643. The standard InChI is InChI=1S/C6H6N4O3/c7-6(8)9-3-4-1-2-5(13-4)10(11)12/h1-3H,(H3,7,8)/b9-3+. The quantitative estimate of drug-likeness (QED) is 0.299. The maximum absolute atomic E-state index is 10.2. The number of nitrogens with one attached hydrogen (secondary N) is 1. The minimum absolute atomic E-state index is 0.182. The monoisotopic (exact) mass is 182 g/mol. The second-order valence-electron chi connectivity index (χ2n) is 2.08. The lowest BCUT2D eigenvalue weighted by molar-refractivity contribution is -0.402. The van der Waals surface area contributed by atoms with E-state index in [1.54, 1.807) is 0 Å². The molecule has 68 valence electrons. The lowest BCUT2D eigenvalue weighted by atomic mass is 10.5. The van der Waals surface area contributed by atoms with Crippen molar-refractivity contribution in [1.29, 1.82) is 5.41 Å². The third kappa shape index (κ3) is 2.40. The summed E-state index contributed by atoms with van der Waals surface area (Å²) < 4.78 is 4.69. The molecule has 1 rings (SSSR count). The van der Waals surface area contributed by atoms with Crippen LogP contribution in [0.3, 0.4) is 0 Å². The van der Waals surface area contributed by atoms with E-state index in [9.17, 15) is 10.1 Å². The summed E-state index contributed by atoms with van der Waals surface area (Å²) in [5.41, 5.74) is 4.92. The van der Waals surface area contributed by atoms with Crippen molar-refractivity contribution in [2.75, 3.05) is 0 Å². The van der Waals surface area contributed by atoms with Crippen LogP contribution < -0.4 is 5.73 Å². The number of hydrogen-bond acceptors (Lipinski definition) is 4. The zero-order valence-corrected chi connectivity index (χ0v) is 6.43. The molecule has 7 nitrogen and oxygen atoms in total. The molecule has 0 aliphatic carbocycles. The molecule has 0 saturated heterocycles. The number of guanidine groups is 1. The highest BCUT2D eigenvalue weighted by atomic mass is 16.6. The van der Waals surface area contributed by atoms with Gasteiger partial charge in [0.1, 0.15) is 4.92 Å². The number of nitrogens with zero attached hydrogens (tertiary/aromatic N) is 2. The summed E-state index contributed by atoms with van der Waals surface area (Å²) in [6.45, 7) is 0. The molecule has 0 saturated carbocycles. The van der Waals surface area contributed by atoms with Crippen molar-refractivity contribution in [2.24, 2.45) is 10.7 Å². The van der Waals surface area contributed by atoms with E-state index in [2.05, 4.69) is 4.99 Å². The Morgan fingerprint density at radius 1 is 1.77 bits per heavy atom. The number of aliphatic imine (C=N–C) groups is 1. The third-order valence-corrected chi connectivity index (χ3v) is 1.12. The second kappa shape index (κ2) is 3.48. The highest BCUT2D eigenvalue weighted by Crippen LogP contribution is 2.13. The first kappa shape index (κ1) is 8.91. The maximum Gasteiger partial charge on any atom is 0.433 e. The Balaban J connectivity index is 2.80. The molecule has 0 unspecified atom stereocenters. The largest absolute Gasteiger partial charge is 0.433 e. The van der Waals surface area contributed by atoms with E-state index >= 15 is 0 Å². The van der Waals surface area contributed by atoms with Crippen molar-refractivity contribution in [3.05, 3.63) is 28.0 Å². The van der Waals surface area contributed by atoms with Gasteiger partial charge in [-0.25, -0.2) is 4.99 Å². The van der Waals surface area contributed by atoms with Crippen LogP contribution in [0.5, 0.6) is 0 Å². The molecule has 0 aliphatic rings. The van der Waals surface area contributed by atoms with Crippen LogP contribution in [-0.2, 0) is 0 Å². The molecule has 0 spiro atoms. The Morgan fingerprint density at radius 3 is 2.92 bits per heavy atom. The first-order valence-electron chi connectivity index (χ1n) is 3.22. The molecule has 0 aliphatic heterocycles. The molecule has 0 aromatic carbocycles. The Hall–Kier alpha value is -2.18. The summed E-state index contributed by atoms with van der Waals surface area (Å²) in [5.74, 6) is -0.578. The molecule has 3 N–H and O–H groups in total. The van der Waals surface area contributed by atoms with Gasteiger partial charge < -0.3 is 10.2 Å². The van der Waals surface area contributed by atoms with E-state index in [1.807, 2.05) is 0 Å². The number of hydrogen-bond donors (Lipinski definition) is 2. The van der Waals surface area contributed by atoms with Gasteiger partial charge in [0.15, 0.2) is 5.76 Å². The fraction of sp³-hybridized carbons (Fsp3) is 0. The average molecular weight is 182 g/mol. The molecular weight excluding hydrogens is 176 g/mol. The normalized spacial score (nSPS) is 10.5. The van der Waals surface area contributed by atoms with E-state index in [0.717, 1.165) is 6.21 Å². The topological polar surface area (TPSA) is 119 Å². The van der Waals surface area contributed by atoms with Gasteiger partial charge in [0.25, 0.3) is 0 Å². The van der Waals surface area contributed by atoms with E-state index in [0.29, 0.717) is 0 Å². The van der Waals surface area contributed by atoms with Gasteiger partial charge >= 0.3 is 5.88 Å². The summed E-state index contributed by atoms with van der Waals surface area (Å²) in [7, 11) is 0. The van der Waals surface area contributed by atoms with Gasteiger partial charge in [0.2, 0.25) is 5.96 Å². The lowest BCUT2D eigenvalue weighted by Crippen LogP contribution is -2.05. The Kier molecular flexibility index (Phi) is 2.38. The number of nitrogens with two attached hydrogens (primary N) is 1. The summed E-state index contributed by atoms with van der Waals surface area (Å²) in [6.07, 6.45) is 1.13. The molecule has 0 bridgehead atoms.